The molecule has 0 aromatic rings. The fraction of sp³-hybridized carbons (Fsp3) is 1.00. The molecule has 0 unspecified atom stereocenters. The van der Waals surface area contributed by atoms with Gasteiger partial charge in [0.25, 0.3) is 0 Å². The molecule has 5 heteroatoms. The van der Waals surface area contributed by atoms with Crippen LogP contribution in [0, 0.1) is 5.41 Å². The summed E-state index contributed by atoms with van der Waals surface area (Å²) >= 11 is 0. The Morgan fingerprint density at radius 1 is 1.17 bits per heavy atom. The topological polar surface area (TPSA) is 63.4 Å². The molecule has 1 fully saturated rings. The molecule has 0 amide bonds. The number of hydrogen-bond acceptors (Lipinski definition) is 4. The highest BCUT2D eigenvalue weighted by atomic mass is 32.2. The van der Waals surface area contributed by atoms with Gasteiger partial charge in [-0.15, -0.1) is 0 Å². The maximum Gasteiger partial charge on any atom is 0.151 e. The van der Waals surface area contributed by atoms with Crippen LogP contribution in [0.3, 0.4) is 0 Å². The zero-order valence-corrected chi connectivity index (χ0v) is 12.6. The molecule has 1 aliphatic rings. The molecule has 0 atom stereocenters. The first kappa shape index (κ1) is 15.9. The molecule has 0 bridgehead atoms. The highest BCUT2D eigenvalue weighted by molar-refractivity contribution is 7.91. The lowest BCUT2D eigenvalue weighted by Crippen LogP contribution is -2.29. The Labute approximate surface area is 112 Å². The third kappa shape index (κ3) is 6.16. The number of nitrogens with two attached hydrogens (primary N) is 1. The van der Waals surface area contributed by atoms with E-state index in [9.17, 15) is 8.42 Å². The minimum absolute atomic E-state index is 0.312. The first-order valence-electron chi connectivity index (χ1n) is 6.97. The van der Waals surface area contributed by atoms with Crippen LogP contribution in [0.2, 0.25) is 0 Å². The van der Waals surface area contributed by atoms with Crippen LogP contribution in [0.15, 0.2) is 0 Å². The van der Waals surface area contributed by atoms with Gasteiger partial charge < -0.3 is 10.6 Å². The van der Waals surface area contributed by atoms with Crippen molar-refractivity contribution >= 4 is 9.84 Å². The largest absolute Gasteiger partial charge is 0.330 e. The van der Waals surface area contributed by atoms with Crippen molar-refractivity contribution in [3.05, 3.63) is 0 Å². The molecule has 0 radical (unpaired) electrons. The van der Waals surface area contributed by atoms with E-state index in [0.717, 1.165) is 45.3 Å². The summed E-state index contributed by atoms with van der Waals surface area (Å²) in [6.07, 6.45) is 4.14. The summed E-state index contributed by atoms with van der Waals surface area (Å²) in [6.45, 7) is 7.91. The second-order valence-corrected chi connectivity index (χ2v) is 8.46. The van der Waals surface area contributed by atoms with Crippen LogP contribution in [0.5, 0.6) is 0 Å². The van der Waals surface area contributed by atoms with E-state index in [1.54, 1.807) is 0 Å². The number of nitrogens with zero attached hydrogens (tertiary/aromatic N) is 1. The lowest BCUT2D eigenvalue weighted by atomic mass is 9.84. The summed E-state index contributed by atoms with van der Waals surface area (Å²) in [4.78, 5) is 2.29. The summed E-state index contributed by atoms with van der Waals surface area (Å²) in [7, 11) is -2.77. The van der Waals surface area contributed by atoms with Gasteiger partial charge in [-0.05, 0) is 50.7 Å². The minimum atomic E-state index is -2.77. The summed E-state index contributed by atoms with van der Waals surface area (Å²) < 4.78 is 23.0. The van der Waals surface area contributed by atoms with E-state index in [0.29, 0.717) is 23.5 Å². The first-order valence-corrected chi connectivity index (χ1v) is 8.80. The van der Waals surface area contributed by atoms with E-state index < -0.39 is 9.84 Å². The smallest absolute Gasteiger partial charge is 0.151 e. The van der Waals surface area contributed by atoms with Crippen LogP contribution in [0.25, 0.3) is 0 Å². The summed E-state index contributed by atoms with van der Waals surface area (Å²) in [5.41, 5.74) is 5.91. The van der Waals surface area contributed by atoms with Gasteiger partial charge in [0.05, 0.1) is 11.5 Å². The van der Waals surface area contributed by atoms with Gasteiger partial charge >= 0.3 is 0 Å². The molecule has 4 nitrogen and oxygen atoms in total. The third-order valence-corrected chi connectivity index (χ3v) is 5.51. The number of hydrogen-bond donors (Lipinski definition) is 1. The zero-order chi connectivity index (χ0) is 13.6. The highest BCUT2D eigenvalue weighted by Crippen LogP contribution is 2.26. The SMILES string of the molecule is CC(C)(CCN)CCCN1CCCS(=O)(=O)CC1. The van der Waals surface area contributed by atoms with Gasteiger partial charge in [0, 0.05) is 6.54 Å². The second-order valence-electron chi connectivity index (χ2n) is 6.15. The minimum Gasteiger partial charge on any atom is -0.330 e. The average Bonchev–Trinajstić information content (AvgIpc) is 2.40. The van der Waals surface area contributed by atoms with Gasteiger partial charge in [-0.25, -0.2) is 8.42 Å². The molecule has 18 heavy (non-hydrogen) atoms. The summed E-state index contributed by atoms with van der Waals surface area (Å²) in [6, 6.07) is 0. The average molecular weight is 276 g/mol. The van der Waals surface area contributed by atoms with Crippen molar-refractivity contribution in [1.82, 2.24) is 4.90 Å². The molecule has 1 heterocycles. The Morgan fingerprint density at radius 2 is 1.89 bits per heavy atom. The predicted octanol–water partition coefficient (Wildman–Crippen LogP) is 1.26. The van der Waals surface area contributed by atoms with Crippen LogP contribution >= 0.6 is 0 Å². The Hall–Kier alpha value is -0.130. The molecule has 108 valence electrons. The standard InChI is InChI=1S/C13H28N2O2S/c1-13(2,6-7-14)5-3-8-15-9-4-11-18(16,17)12-10-15/h3-12,14H2,1-2H3. The first-order chi connectivity index (χ1) is 8.35. The van der Waals surface area contributed by atoms with Crippen molar-refractivity contribution in [1.29, 1.82) is 0 Å². The molecule has 1 rings (SSSR count). The molecule has 2 N–H and O–H groups in total. The molecule has 0 aromatic carbocycles. The summed E-state index contributed by atoms with van der Waals surface area (Å²) in [5.74, 6) is 0.696. The molecule has 0 aliphatic carbocycles. The molecule has 0 spiro atoms. The van der Waals surface area contributed by atoms with Crippen LogP contribution in [0.1, 0.15) is 39.5 Å². The third-order valence-electron chi connectivity index (χ3n) is 3.80. The van der Waals surface area contributed by atoms with E-state index in [4.69, 9.17) is 5.73 Å². The van der Waals surface area contributed by atoms with Crippen molar-refractivity contribution < 1.29 is 8.42 Å². The van der Waals surface area contributed by atoms with E-state index in [-0.39, 0.29) is 0 Å². The molecular weight excluding hydrogens is 248 g/mol. The van der Waals surface area contributed by atoms with Crippen LogP contribution in [0.4, 0.5) is 0 Å². The lowest BCUT2D eigenvalue weighted by Gasteiger charge is -2.26. The summed E-state index contributed by atoms with van der Waals surface area (Å²) in [5, 5.41) is 0. The van der Waals surface area contributed by atoms with Crippen molar-refractivity contribution in [3.63, 3.8) is 0 Å². The molecular formula is C13H28N2O2S. The number of rotatable bonds is 6. The Kier molecular flexibility index (Phi) is 6.08. The van der Waals surface area contributed by atoms with Crippen molar-refractivity contribution in [2.75, 3.05) is 37.7 Å². The van der Waals surface area contributed by atoms with Gasteiger partial charge in [-0.2, -0.15) is 0 Å². The van der Waals surface area contributed by atoms with Crippen molar-refractivity contribution in [3.8, 4) is 0 Å². The monoisotopic (exact) mass is 276 g/mol. The Balaban J connectivity index is 2.27. The van der Waals surface area contributed by atoms with Crippen LogP contribution in [-0.2, 0) is 9.84 Å². The van der Waals surface area contributed by atoms with E-state index in [1.807, 2.05) is 0 Å². The van der Waals surface area contributed by atoms with Crippen molar-refractivity contribution in [2.24, 2.45) is 11.1 Å². The van der Waals surface area contributed by atoms with E-state index in [1.165, 1.54) is 0 Å². The molecule has 0 aromatic heterocycles. The highest BCUT2D eigenvalue weighted by Gasteiger charge is 2.20. The maximum absolute atomic E-state index is 11.5. The Bertz CT molecular complexity index is 339. The maximum atomic E-state index is 11.5. The van der Waals surface area contributed by atoms with E-state index in [2.05, 4.69) is 18.7 Å². The molecule has 1 aliphatic heterocycles. The Morgan fingerprint density at radius 3 is 2.56 bits per heavy atom. The normalized spacial score (nSPS) is 21.7. The van der Waals surface area contributed by atoms with Gasteiger partial charge in [0.1, 0.15) is 0 Å². The quantitative estimate of drug-likeness (QED) is 0.793. The lowest BCUT2D eigenvalue weighted by molar-refractivity contribution is 0.246. The van der Waals surface area contributed by atoms with Crippen molar-refractivity contribution in [2.45, 2.75) is 39.5 Å². The number of sulfone groups is 1. The van der Waals surface area contributed by atoms with Crippen LogP contribution < -0.4 is 5.73 Å². The van der Waals surface area contributed by atoms with Crippen LogP contribution in [-0.4, -0.2) is 51.0 Å². The predicted molar refractivity (Wildman–Crippen MR) is 76.4 cm³/mol. The van der Waals surface area contributed by atoms with Gasteiger partial charge in [0.15, 0.2) is 9.84 Å². The fourth-order valence-corrected chi connectivity index (χ4v) is 3.82. The van der Waals surface area contributed by atoms with E-state index >= 15 is 0 Å². The molecule has 0 saturated carbocycles. The second kappa shape index (κ2) is 6.87. The van der Waals surface area contributed by atoms with Gasteiger partial charge in [-0.1, -0.05) is 13.8 Å². The molecule has 1 saturated heterocycles. The zero-order valence-electron chi connectivity index (χ0n) is 11.8. The van der Waals surface area contributed by atoms with Gasteiger partial charge in [-0.3, -0.25) is 0 Å². The fourth-order valence-electron chi connectivity index (χ4n) is 2.51. The van der Waals surface area contributed by atoms with Gasteiger partial charge in [0.2, 0.25) is 0 Å².